The van der Waals surface area contributed by atoms with Gasteiger partial charge in [0.1, 0.15) is 0 Å². The number of carboxylic acid groups (broad SMARTS) is 1. The number of aromatic nitrogens is 1. The van der Waals surface area contributed by atoms with Gasteiger partial charge in [0, 0.05) is 25.7 Å². The lowest BCUT2D eigenvalue weighted by molar-refractivity contribution is -0.136. The van der Waals surface area contributed by atoms with E-state index >= 15 is 0 Å². The van der Waals surface area contributed by atoms with Crippen molar-refractivity contribution in [3.8, 4) is 22.3 Å². The van der Waals surface area contributed by atoms with Crippen molar-refractivity contribution in [2.75, 3.05) is 14.1 Å². The Morgan fingerprint density at radius 3 is 2.18 bits per heavy atom. The first-order valence-corrected chi connectivity index (χ1v) is 13.5. The largest absolute Gasteiger partial charge is 0.478 e. The first-order chi connectivity index (χ1) is 18.2. The number of halogens is 3. The molecule has 6 nitrogen and oxygen atoms in total. The van der Waals surface area contributed by atoms with Crippen molar-refractivity contribution in [3.63, 3.8) is 0 Å². The van der Waals surface area contributed by atoms with E-state index in [1.807, 2.05) is 13.8 Å². The second kappa shape index (κ2) is 10.1. The van der Waals surface area contributed by atoms with Crippen LogP contribution in [0.5, 0.6) is 0 Å². The number of benzene rings is 3. The summed E-state index contributed by atoms with van der Waals surface area (Å²) in [5, 5.41) is 10.2. The number of sulfonamides is 1. The lowest BCUT2D eigenvalue weighted by Crippen LogP contribution is -2.23. The summed E-state index contributed by atoms with van der Waals surface area (Å²) in [6, 6.07) is 13.3. The number of rotatable bonds is 6. The first kappa shape index (κ1) is 28.3. The maximum Gasteiger partial charge on any atom is 0.418 e. The van der Waals surface area contributed by atoms with Gasteiger partial charge in [0.15, 0.2) is 0 Å². The van der Waals surface area contributed by atoms with Gasteiger partial charge in [-0.1, -0.05) is 50.2 Å². The van der Waals surface area contributed by atoms with Gasteiger partial charge < -0.3 is 5.11 Å². The molecular formula is C29H27F3N2O4S. The highest BCUT2D eigenvalue weighted by atomic mass is 32.2. The van der Waals surface area contributed by atoms with E-state index in [2.05, 4.69) is 4.98 Å². The lowest BCUT2D eigenvalue weighted by Gasteiger charge is -2.22. The zero-order chi connectivity index (χ0) is 28.9. The molecule has 1 aromatic heterocycles. The predicted octanol–water partition coefficient (Wildman–Crippen LogP) is 6.97. The second-order valence-corrected chi connectivity index (χ2v) is 11.9. The quantitative estimate of drug-likeness (QED) is 0.277. The number of aromatic carboxylic acids is 1. The highest BCUT2D eigenvalue weighted by Gasteiger charge is 2.34. The summed E-state index contributed by atoms with van der Waals surface area (Å²) in [6.07, 6.45) is -3.18. The second-order valence-electron chi connectivity index (χ2n) is 9.72. The SMILES string of the molecule is Cc1c(C(=O)O)cc(S(=O)(=O)N(C)C)cc1-c1ccccc1-c1c(C(C)C)cnc2c(C(F)(F)F)cccc12. The van der Waals surface area contributed by atoms with E-state index < -0.39 is 27.7 Å². The van der Waals surface area contributed by atoms with Crippen molar-refractivity contribution < 1.29 is 31.5 Å². The molecule has 4 rings (SSSR count). The lowest BCUT2D eigenvalue weighted by atomic mass is 9.85. The highest BCUT2D eigenvalue weighted by molar-refractivity contribution is 7.89. The Morgan fingerprint density at radius 1 is 0.974 bits per heavy atom. The number of carbonyl (C=O) groups is 1. The van der Waals surface area contributed by atoms with Crippen molar-refractivity contribution in [2.45, 2.75) is 37.8 Å². The molecule has 0 aliphatic carbocycles. The van der Waals surface area contributed by atoms with E-state index in [1.165, 1.54) is 32.4 Å². The van der Waals surface area contributed by atoms with Gasteiger partial charge in [0.25, 0.3) is 0 Å². The molecule has 3 aromatic carbocycles. The summed E-state index contributed by atoms with van der Waals surface area (Å²) in [4.78, 5) is 16.1. The number of hydrogen-bond acceptors (Lipinski definition) is 4. The van der Waals surface area contributed by atoms with Crippen molar-refractivity contribution >= 4 is 26.9 Å². The molecule has 0 bridgehead atoms. The predicted molar refractivity (Wildman–Crippen MR) is 144 cm³/mol. The van der Waals surface area contributed by atoms with Crippen LogP contribution in [0.25, 0.3) is 33.2 Å². The molecule has 0 unspecified atom stereocenters. The first-order valence-electron chi connectivity index (χ1n) is 12.0. The molecule has 0 saturated carbocycles. The molecule has 0 radical (unpaired) electrons. The molecule has 0 saturated heterocycles. The fraction of sp³-hybridized carbons (Fsp3) is 0.241. The molecule has 0 aliphatic rings. The van der Waals surface area contributed by atoms with Crippen LogP contribution in [0.3, 0.4) is 0 Å². The topological polar surface area (TPSA) is 87.6 Å². The minimum Gasteiger partial charge on any atom is -0.478 e. The minimum absolute atomic E-state index is 0.115. The molecular weight excluding hydrogens is 529 g/mol. The van der Waals surface area contributed by atoms with Gasteiger partial charge >= 0.3 is 12.1 Å². The summed E-state index contributed by atoms with van der Waals surface area (Å²) in [7, 11) is -1.31. The molecule has 10 heteroatoms. The maximum absolute atomic E-state index is 13.9. The van der Waals surface area contributed by atoms with Gasteiger partial charge in [-0.05, 0) is 64.4 Å². The van der Waals surface area contributed by atoms with Gasteiger partial charge in [-0.25, -0.2) is 17.5 Å². The Labute approximate surface area is 224 Å². The van der Waals surface area contributed by atoms with Crippen LogP contribution in [0.2, 0.25) is 0 Å². The Kier molecular flexibility index (Phi) is 7.31. The van der Waals surface area contributed by atoms with Crippen LogP contribution in [-0.4, -0.2) is 42.9 Å². The zero-order valence-corrected chi connectivity index (χ0v) is 22.8. The summed E-state index contributed by atoms with van der Waals surface area (Å²) in [5.74, 6) is -1.41. The smallest absolute Gasteiger partial charge is 0.418 e. The van der Waals surface area contributed by atoms with Gasteiger partial charge in [-0.2, -0.15) is 13.2 Å². The standard InChI is InChI=1S/C29H27F3N2O4S/c1-16(2)24-15-33-27-21(11-8-12-25(27)29(30,31)32)26(24)20-10-7-6-9-19(20)22-13-18(39(37,38)34(4)5)14-23(17(22)3)28(35)36/h6-16H,1-5H3,(H,35,36). The third-order valence-electron chi connectivity index (χ3n) is 6.73. The van der Waals surface area contributed by atoms with Crippen LogP contribution in [-0.2, 0) is 16.2 Å². The van der Waals surface area contributed by atoms with Crippen LogP contribution >= 0.6 is 0 Å². The van der Waals surface area contributed by atoms with Crippen LogP contribution in [0.1, 0.15) is 46.8 Å². The van der Waals surface area contributed by atoms with Gasteiger partial charge in [-0.15, -0.1) is 0 Å². The Bertz CT molecular complexity index is 1710. The summed E-state index contributed by atoms with van der Waals surface area (Å²) < 4.78 is 68.7. The highest BCUT2D eigenvalue weighted by Crippen LogP contribution is 2.44. The van der Waals surface area contributed by atoms with Crippen LogP contribution in [0, 0.1) is 6.92 Å². The number of carboxylic acids is 1. The fourth-order valence-electron chi connectivity index (χ4n) is 4.69. The molecule has 0 atom stereocenters. The zero-order valence-electron chi connectivity index (χ0n) is 22.0. The molecule has 204 valence electrons. The van der Waals surface area contributed by atoms with E-state index in [0.717, 1.165) is 16.4 Å². The van der Waals surface area contributed by atoms with Crippen molar-refractivity contribution in [1.82, 2.24) is 9.29 Å². The monoisotopic (exact) mass is 556 g/mol. The number of pyridine rings is 1. The summed E-state index contributed by atoms with van der Waals surface area (Å²) in [6.45, 7) is 5.39. The van der Waals surface area contributed by atoms with Crippen LogP contribution in [0.4, 0.5) is 13.2 Å². The van der Waals surface area contributed by atoms with Crippen LogP contribution in [0.15, 0.2) is 65.7 Å². The van der Waals surface area contributed by atoms with E-state index in [-0.39, 0.29) is 27.3 Å². The minimum atomic E-state index is -4.62. The fourth-order valence-corrected chi connectivity index (χ4v) is 5.65. The van der Waals surface area contributed by atoms with Gasteiger partial charge in [0.05, 0.1) is 21.5 Å². The molecule has 39 heavy (non-hydrogen) atoms. The van der Waals surface area contributed by atoms with E-state index in [0.29, 0.717) is 33.4 Å². The Hall–Kier alpha value is -3.76. The molecule has 1 N–H and O–H groups in total. The van der Waals surface area contributed by atoms with Gasteiger partial charge in [0.2, 0.25) is 10.0 Å². The Balaban J connectivity index is 2.16. The number of nitrogens with zero attached hydrogens (tertiary/aromatic N) is 2. The third-order valence-corrected chi connectivity index (χ3v) is 8.52. The summed E-state index contributed by atoms with van der Waals surface area (Å²) in [5.41, 5.74) is 1.66. The summed E-state index contributed by atoms with van der Waals surface area (Å²) >= 11 is 0. The molecule has 0 spiro atoms. The molecule has 0 fully saturated rings. The number of hydrogen-bond donors (Lipinski definition) is 1. The van der Waals surface area contributed by atoms with Crippen molar-refractivity contribution in [1.29, 1.82) is 0 Å². The molecule has 0 amide bonds. The average Bonchev–Trinajstić information content (AvgIpc) is 2.86. The maximum atomic E-state index is 13.9. The molecule has 0 aliphatic heterocycles. The average molecular weight is 557 g/mol. The normalized spacial score (nSPS) is 12.5. The third kappa shape index (κ3) is 5.02. The number of para-hydroxylation sites is 1. The molecule has 1 heterocycles. The van der Waals surface area contributed by atoms with E-state index in [1.54, 1.807) is 37.3 Å². The van der Waals surface area contributed by atoms with Crippen molar-refractivity contribution in [3.05, 3.63) is 83.0 Å². The van der Waals surface area contributed by atoms with Gasteiger partial charge in [-0.3, -0.25) is 4.98 Å². The molecule has 4 aromatic rings. The van der Waals surface area contributed by atoms with Crippen molar-refractivity contribution in [2.24, 2.45) is 0 Å². The van der Waals surface area contributed by atoms with E-state index in [4.69, 9.17) is 0 Å². The number of fused-ring (bicyclic) bond motifs is 1. The van der Waals surface area contributed by atoms with E-state index in [9.17, 15) is 31.5 Å². The Morgan fingerprint density at radius 2 is 1.62 bits per heavy atom. The number of alkyl halides is 3. The van der Waals surface area contributed by atoms with Crippen LogP contribution < -0.4 is 0 Å².